The zero-order valence-corrected chi connectivity index (χ0v) is 13.2. The Labute approximate surface area is 137 Å². The molecular formula is C17H14ClF2O3-. The summed E-state index contributed by atoms with van der Waals surface area (Å²) in [6.07, 6.45) is 0. The van der Waals surface area contributed by atoms with Gasteiger partial charge in [-0.15, -0.1) is 0 Å². The molecular weight excluding hydrogens is 326 g/mol. The Balaban J connectivity index is 2.25. The van der Waals surface area contributed by atoms with Gasteiger partial charge < -0.3 is 14.6 Å². The van der Waals surface area contributed by atoms with Gasteiger partial charge in [0.2, 0.25) is 0 Å². The van der Waals surface area contributed by atoms with E-state index < -0.39 is 17.5 Å². The van der Waals surface area contributed by atoms with Gasteiger partial charge in [-0.3, -0.25) is 0 Å². The van der Waals surface area contributed by atoms with Crippen LogP contribution in [0.5, 0.6) is 5.75 Å². The Morgan fingerprint density at radius 1 is 1.00 bits per heavy atom. The zero-order valence-electron chi connectivity index (χ0n) is 12.5. The molecule has 0 bridgehead atoms. The number of halogens is 3. The van der Waals surface area contributed by atoms with Crippen LogP contribution >= 0.6 is 11.6 Å². The number of benzene rings is 2. The van der Waals surface area contributed by atoms with Crippen molar-refractivity contribution in [1.82, 2.24) is 0 Å². The molecule has 0 unspecified atom stereocenters. The third kappa shape index (κ3) is 3.79. The second-order valence-electron chi connectivity index (χ2n) is 5.51. The van der Waals surface area contributed by atoms with Crippen molar-refractivity contribution in [3.05, 3.63) is 64.7 Å². The minimum atomic E-state index is -3.20. The van der Waals surface area contributed by atoms with Gasteiger partial charge in [0.25, 0.3) is 5.92 Å². The number of carboxylic acid groups (broad SMARTS) is 1. The third-order valence-corrected chi connectivity index (χ3v) is 3.54. The average molecular weight is 340 g/mol. The first-order chi connectivity index (χ1) is 10.6. The van der Waals surface area contributed by atoms with Crippen LogP contribution in [-0.4, -0.2) is 11.6 Å². The van der Waals surface area contributed by atoms with Crippen molar-refractivity contribution < 1.29 is 23.4 Å². The van der Waals surface area contributed by atoms with Gasteiger partial charge in [-0.2, -0.15) is 8.78 Å². The molecule has 2 aromatic carbocycles. The molecule has 0 saturated carbocycles. The van der Waals surface area contributed by atoms with Gasteiger partial charge in [-0.05, 0) is 50.2 Å². The summed E-state index contributed by atoms with van der Waals surface area (Å²) in [5, 5.41) is 11.3. The molecule has 0 amide bonds. The summed E-state index contributed by atoms with van der Waals surface area (Å²) in [7, 11) is 0. The molecule has 0 aromatic heterocycles. The van der Waals surface area contributed by atoms with Crippen molar-refractivity contribution >= 4 is 17.6 Å². The molecule has 0 saturated heterocycles. The molecule has 0 aliphatic heterocycles. The van der Waals surface area contributed by atoms with Crippen molar-refractivity contribution in [2.75, 3.05) is 0 Å². The van der Waals surface area contributed by atoms with E-state index in [1.807, 2.05) is 0 Å². The minimum absolute atomic E-state index is 0.162. The van der Waals surface area contributed by atoms with E-state index in [-0.39, 0.29) is 16.9 Å². The zero-order chi connectivity index (χ0) is 17.3. The quantitative estimate of drug-likeness (QED) is 0.839. The normalized spacial score (nSPS) is 12.0. The number of ether oxygens (including phenoxy) is 1. The van der Waals surface area contributed by atoms with Crippen molar-refractivity contribution in [2.24, 2.45) is 0 Å². The summed E-state index contributed by atoms with van der Waals surface area (Å²) in [5.41, 5.74) is -1.98. The summed E-state index contributed by atoms with van der Waals surface area (Å²) in [5.74, 6) is -4.43. The number of carbonyl (C=O) groups is 1. The predicted octanol–water partition coefficient (Wildman–Crippen LogP) is 3.39. The Hall–Kier alpha value is -2.14. The number of hydrogen-bond donors (Lipinski definition) is 0. The number of rotatable bonds is 5. The van der Waals surface area contributed by atoms with Gasteiger partial charge >= 0.3 is 0 Å². The largest absolute Gasteiger partial charge is 0.546 e. The van der Waals surface area contributed by atoms with Crippen molar-refractivity contribution in [3.8, 4) is 5.75 Å². The molecule has 0 fully saturated rings. The highest BCUT2D eigenvalue weighted by Crippen LogP contribution is 2.36. The Morgan fingerprint density at radius 3 is 1.87 bits per heavy atom. The summed E-state index contributed by atoms with van der Waals surface area (Å²) >= 11 is 5.70. The van der Waals surface area contributed by atoms with Crippen LogP contribution in [-0.2, 0) is 10.7 Å². The summed E-state index contributed by atoms with van der Waals surface area (Å²) in [4.78, 5) is 10.9. The number of aliphatic carboxylic acids is 1. The fraction of sp³-hybridized carbons (Fsp3) is 0.235. The molecule has 6 heteroatoms. The van der Waals surface area contributed by atoms with E-state index in [0.717, 1.165) is 0 Å². The number of hydrogen-bond acceptors (Lipinski definition) is 3. The molecule has 0 heterocycles. The van der Waals surface area contributed by atoms with Crippen LogP contribution in [0.4, 0.5) is 8.78 Å². The average Bonchev–Trinajstić information content (AvgIpc) is 2.47. The molecule has 0 radical (unpaired) electrons. The van der Waals surface area contributed by atoms with E-state index in [1.54, 1.807) is 0 Å². The topological polar surface area (TPSA) is 49.4 Å². The van der Waals surface area contributed by atoms with Crippen LogP contribution in [0.1, 0.15) is 25.0 Å². The summed E-state index contributed by atoms with van der Waals surface area (Å²) in [6.45, 7) is 2.64. The van der Waals surface area contributed by atoms with E-state index in [2.05, 4.69) is 0 Å². The molecule has 23 heavy (non-hydrogen) atoms. The van der Waals surface area contributed by atoms with Gasteiger partial charge in [0.05, 0.1) is 5.97 Å². The van der Waals surface area contributed by atoms with Crippen LogP contribution in [0.15, 0.2) is 48.5 Å². The highest BCUT2D eigenvalue weighted by molar-refractivity contribution is 6.30. The summed E-state index contributed by atoms with van der Waals surface area (Å²) < 4.78 is 34.1. The Bertz CT molecular complexity index is 695. The molecule has 0 N–H and O–H groups in total. The van der Waals surface area contributed by atoms with Crippen LogP contribution in [0, 0.1) is 0 Å². The molecule has 0 atom stereocenters. The number of alkyl halides is 2. The van der Waals surface area contributed by atoms with Crippen LogP contribution < -0.4 is 9.84 Å². The fourth-order valence-electron chi connectivity index (χ4n) is 1.89. The van der Waals surface area contributed by atoms with Gasteiger partial charge in [-0.25, -0.2) is 0 Å². The molecule has 0 aliphatic rings. The molecule has 0 spiro atoms. The Kier molecular flexibility index (Phi) is 4.61. The predicted molar refractivity (Wildman–Crippen MR) is 80.6 cm³/mol. The number of carbonyl (C=O) groups excluding carboxylic acids is 1. The SMILES string of the molecule is CC(C)(Oc1ccc(C(F)(F)c2ccc(Cl)cc2)cc1)C(=O)[O-]. The first-order valence-corrected chi connectivity index (χ1v) is 7.15. The van der Waals surface area contributed by atoms with Gasteiger partial charge in [0.1, 0.15) is 11.4 Å². The second-order valence-corrected chi connectivity index (χ2v) is 5.94. The van der Waals surface area contributed by atoms with E-state index in [9.17, 15) is 18.7 Å². The minimum Gasteiger partial charge on any atom is -0.546 e. The lowest BCUT2D eigenvalue weighted by Gasteiger charge is -2.27. The lowest BCUT2D eigenvalue weighted by atomic mass is 10.0. The lowest BCUT2D eigenvalue weighted by molar-refractivity contribution is -0.320. The summed E-state index contributed by atoms with van der Waals surface area (Å²) in [6, 6.07) is 10.3. The smallest absolute Gasteiger partial charge is 0.298 e. The first-order valence-electron chi connectivity index (χ1n) is 6.78. The molecule has 2 aromatic rings. The van der Waals surface area contributed by atoms with Crippen LogP contribution in [0.2, 0.25) is 5.02 Å². The van der Waals surface area contributed by atoms with Crippen LogP contribution in [0.25, 0.3) is 0 Å². The maximum Gasteiger partial charge on any atom is 0.298 e. The fourth-order valence-corrected chi connectivity index (χ4v) is 2.02. The molecule has 3 nitrogen and oxygen atoms in total. The molecule has 122 valence electrons. The highest BCUT2D eigenvalue weighted by atomic mass is 35.5. The first kappa shape index (κ1) is 17.2. The monoisotopic (exact) mass is 339 g/mol. The van der Waals surface area contributed by atoms with Gasteiger partial charge in [0, 0.05) is 16.1 Å². The van der Waals surface area contributed by atoms with E-state index in [1.165, 1.54) is 62.4 Å². The van der Waals surface area contributed by atoms with Crippen molar-refractivity contribution in [2.45, 2.75) is 25.4 Å². The molecule has 0 aliphatic carbocycles. The maximum absolute atomic E-state index is 14.4. The van der Waals surface area contributed by atoms with E-state index in [4.69, 9.17) is 16.3 Å². The van der Waals surface area contributed by atoms with Gasteiger partial charge in [0.15, 0.2) is 0 Å². The maximum atomic E-state index is 14.4. The highest BCUT2D eigenvalue weighted by Gasteiger charge is 2.34. The second kappa shape index (κ2) is 6.16. The van der Waals surface area contributed by atoms with E-state index in [0.29, 0.717) is 5.02 Å². The van der Waals surface area contributed by atoms with E-state index >= 15 is 0 Å². The number of carboxylic acids is 1. The van der Waals surface area contributed by atoms with Crippen molar-refractivity contribution in [1.29, 1.82) is 0 Å². The molecule has 2 rings (SSSR count). The van der Waals surface area contributed by atoms with Crippen molar-refractivity contribution in [3.63, 3.8) is 0 Å². The van der Waals surface area contributed by atoms with Gasteiger partial charge in [-0.1, -0.05) is 23.7 Å². The Morgan fingerprint density at radius 2 is 1.43 bits per heavy atom. The standard InChI is InChI=1S/C17H15ClF2O3/c1-16(2,15(21)22)23-14-9-5-12(6-10-14)17(19,20)11-3-7-13(18)8-4-11/h3-10H,1-2H3,(H,21,22)/p-1. The third-order valence-electron chi connectivity index (χ3n) is 3.29. The lowest BCUT2D eigenvalue weighted by Crippen LogP contribution is -2.47. The van der Waals surface area contributed by atoms with Crippen LogP contribution in [0.3, 0.4) is 0 Å².